The maximum absolute atomic E-state index is 11.7. The number of amides is 1. The van der Waals surface area contributed by atoms with Crippen molar-refractivity contribution >= 4 is 27.5 Å². The average molecular weight is 299 g/mol. The maximum atomic E-state index is 11.7. The van der Waals surface area contributed by atoms with Crippen molar-refractivity contribution in [2.24, 2.45) is 0 Å². The van der Waals surface area contributed by atoms with Crippen LogP contribution in [0, 0.1) is 6.92 Å². The minimum atomic E-state index is -0.0170. The summed E-state index contributed by atoms with van der Waals surface area (Å²) in [4.78, 5) is 11.7. The van der Waals surface area contributed by atoms with Crippen LogP contribution in [0.2, 0.25) is 0 Å². The fraction of sp³-hybridized carbons (Fsp3) is 0.462. The second kappa shape index (κ2) is 6.77. The van der Waals surface area contributed by atoms with Gasteiger partial charge in [-0.15, -0.1) is 0 Å². The summed E-state index contributed by atoms with van der Waals surface area (Å²) in [6.07, 6.45) is 1.02. The van der Waals surface area contributed by atoms with Crippen LogP contribution in [0.5, 0.6) is 0 Å². The number of hydrogen-bond donors (Lipinski definition) is 2. The van der Waals surface area contributed by atoms with E-state index in [9.17, 15) is 4.79 Å². The summed E-state index contributed by atoms with van der Waals surface area (Å²) in [6, 6.07) is 6.25. The first kappa shape index (κ1) is 14.2. The lowest BCUT2D eigenvalue weighted by atomic mass is 10.2. The maximum Gasteiger partial charge on any atom is 0.238 e. The van der Waals surface area contributed by atoms with Gasteiger partial charge in [0.25, 0.3) is 0 Å². The zero-order chi connectivity index (χ0) is 12.8. The van der Waals surface area contributed by atoms with Gasteiger partial charge in [0.05, 0.1) is 12.2 Å². The molecule has 0 radical (unpaired) electrons. The first-order chi connectivity index (χ1) is 8.02. The van der Waals surface area contributed by atoms with Gasteiger partial charge in [0.1, 0.15) is 0 Å². The predicted molar refractivity (Wildman–Crippen MR) is 75.3 cm³/mol. The Balaban J connectivity index is 2.53. The van der Waals surface area contributed by atoms with E-state index in [1.807, 2.05) is 25.1 Å². The Hall–Kier alpha value is -0.870. The number of nitrogens with one attached hydrogen (secondary N) is 2. The summed E-state index contributed by atoms with van der Waals surface area (Å²) in [6.45, 7) is 6.50. The van der Waals surface area contributed by atoms with Crippen LogP contribution in [0.1, 0.15) is 25.8 Å². The molecule has 1 atom stereocenters. The summed E-state index contributed by atoms with van der Waals surface area (Å²) in [5, 5.41) is 6.04. The van der Waals surface area contributed by atoms with Crippen LogP contribution in [0.4, 0.5) is 5.69 Å². The Morgan fingerprint density at radius 1 is 1.47 bits per heavy atom. The van der Waals surface area contributed by atoms with Crippen LogP contribution in [-0.2, 0) is 4.79 Å². The van der Waals surface area contributed by atoms with Crippen molar-refractivity contribution in [2.75, 3.05) is 11.9 Å². The minimum Gasteiger partial charge on any atom is -0.324 e. The number of rotatable bonds is 5. The summed E-state index contributed by atoms with van der Waals surface area (Å²) in [5.74, 6) is -0.0170. The third-order valence-electron chi connectivity index (χ3n) is 2.62. The third-order valence-corrected chi connectivity index (χ3v) is 3.31. The number of carbonyl (C=O) groups is 1. The fourth-order valence-electron chi connectivity index (χ4n) is 1.34. The minimum absolute atomic E-state index is 0.0170. The number of halogens is 1. The monoisotopic (exact) mass is 298 g/mol. The van der Waals surface area contributed by atoms with Gasteiger partial charge in [0.15, 0.2) is 0 Å². The summed E-state index contributed by atoms with van der Waals surface area (Å²) < 4.78 is 0.903. The van der Waals surface area contributed by atoms with Crippen molar-refractivity contribution in [1.29, 1.82) is 0 Å². The molecule has 0 bridgehead atoms. The van der Waals surface area contributed by atoms with E-state index in [-0.39, 0.29) is 5.91 Å². The topological polar surface area (TPSA) is 41.1 Å². The molecule has 17 heavy (non-hydrogen) atoms. The molecule has 1 aromatic carbocycles. The van der Waals surface area contributed by atoms with E-state index >= 15 is 0 Å². The van der Waals surface area contributed by atoms with Gasteiger partial charge in [-0.1, -0.05) is 13.0 Å². The Morgan fingerprint density at radius 3 is 2.82 bits per heavy atom. The molecular weight excluding hydrogens is 280 g/mol. The molecule has 1 amide bonds. The Bertz CT molecular complexity index is 393. The van der Waals surface area contributed by atoms with E-state index < -0.39 is 0 Å². The normalized spacial score (nSPS) is 12.2. The molecule has 1 rings (SSSR count). The first-order valence-electron chi connectivity index (χ1n) is 5.82. The van der Waals surface area contributed by atoms with Crippen LogP contribution in [0.15, 0.2) is 22.7 Å². The molecule has 0 aliphatic heterocycles. The Labute approximate surface area is 111 Å². The van der Waals surface area contributed by atoms with Crippen LogP contribution in [-0.4, -0.2) is 18.5 Å². The van der Waals surface area contributed by atoms with Crippen molar-refractivity contribution in [2.45, 2.75) is 33.2 Å². The lowest BCUT2D eigenvalue weighted by Gasteiger charge is -2.12. The predicted octanol–water partition coefficient (Wildman–Crippen LogP) is 3.08. The first-order valence-corrected chi connectivity index (χ1v) is 6.61. The van der Waals surface area contributed by atoms with Crippen molar-refractivity contribution < 1.29 is 4.79 Å². The smallest absolute Gasteiger partial charge is 0.238 e. The summed E-state index contributed by atoms with van der Waals surface area (Å²) in [5.41, 5.74) is 1.94. The molecule has 0 aromatic heterocycles. The van der Waals surface area contributed by atoms with Crippen molar-refractivity contribution in [3.05, 3.63) is 28.2 Å². The molecule has 94 valence electrons. The van der Waals surface area contributed by atoms with Crippen LogP contribution in [0.25, 0.3) is 0 Å². The van der Waals surface area contributed by atoms with Crippen LogP contribution < -0.4 is 10.6 Å². The van der Waals surface area contributed by atoms with E-state index in [0.29, 0.717) is 12.6 Å². The quantitative estimate of drug-likeness (QED) is 0.877. The molecule has 0 saturated carbocycles. The molecule has 0 aliphatic carbocycles. The molecule has 0 heterocycles. The van der Waals surface area contributed by atoms with E-state index in [4.69, 9.17) is 0 Å². The number of hydrogen-bond acceptors (Lipinski definition) is 2. The molecule has 0 aliphatic rings. The molecule has 2 N–H and O–H groups in total. The van der Waals surface area contributed by atoms with Gasteiger partial charge in [0.2, 0.25) is 5.91 Å². The fourth-order valence-corrected chi connectivity index (χ4v) is 1.69. The lowest BCUT2D eigenvalue weighted by molar-refractivity contribution is -0.115. The van der Waals surface area contributed by atoms with E-state index in [1.165, 1.54) is 0 Å². The van der Waals surface area contributed by atoms with Gasteiger partial charge in [-0.25, -0.2) is 0 Å². The van der Waals surface area contributed by atoms with Gasteiger partial charge in [0, 0.05) is 10.5 Å². The highest BCUT2D eigenvalue weighted by atomic mass is 79.9. The molecule has 3 nitrogen and oxygen atoms in total. The van der Waals surface area contributed by atoms with Crippen molar-refractivity contribution in [1.82, 2.24) is 5.32 Å². The largest absolute Gasteiger partial charge is 0.324 e. The van der Waals surface area contributed by atoms with Crippen LogP contribution >= 0.6 is 15.9 Å². The zero-order valence-electron chi connectivity index (χ0n) is 10.5. The van der Waals surface area contributed by atoms with Gasteiger partial charge in [-0.2, -0.15) is 0 Å². The molecule has 0 fully saturated rings. The van der Waals surface area contributed by atoms with Gasteiger partial charge in [-0.3, -0.25) is 4.79 Å². The SMILES string of the molecule is CCC(C)NCC(=O)Nc1cc(C)ccc1Br. The van der Waals surface area contributed by atoms with Crippen molar-refractivity contribution in [3.8, 4) is 0 Å². The highest BCUT2D eigenvalue weighted by molar-refractivity contribution is 9.10. The highest BCUT2D eigenvalue weighted by Gasteiger charge is 2.06. The van der Waals surface area contributed by atoms with Crippen molar-refractivity contribution in [3.63, 3.8) is 0 Å². The second-order valence-electron chi connectivity index (χ2n) is 4.22. The van der Waals surface area contributed by atoms with Crippen LogP contribution in [0.3, 0.4) is 0 Å². The highest BCUT2D eigenvalue weighted by Crippen LogP contribution is 2.23. The third kappa shape index (κ3) is 4.88. The average Bonchev–Trinajstić information content (AvgIpc) is 2.30. The summed E-state index contributed by atoms with van der Waals surface area (Å²) >= 11 is 3.42. The number of aryl methyl sites for hydroxylation is 1. The molecule has 0 spiro atoms. The van der Waals surface area contributed by atoms with Gasteiger partial charge in [-0.05, 0) is 53.9 Å². The van der Waals surface area contributed by atoms with Gasteiger partial charge >= 0.3 is 0 Å². The standard InChI is InChI=1S/C13H19BrN2O/c1-4-10(3)15-8-13(17)16-12-7-9(2)5-6-11(12)14/h5-7,10,15H,4,8H2,1-3H3,(H,16,17). The molecular formula is C13H19BrN2O. The number of anilines is 1. The number of benzene rings is 1. The van der Waals surface area contributed by atoms with E-state index in [2.05, 4.69) is 40.4 Å². The lowest BCUT2D eigenvalue weighted by Crippen LogP contribution is -2.34. The second-order valence-corrected chi connectivity index (χ2v) is 5.08. The Morgan fingerprint density at radius 2 is 2.18 bits per heavy atom. The molecule has 4 heteroatoms. The molecule has 0 saturated heterocycles. The van der Waals surface area contributed by atoms with Gasteiger partial charge < -0.3 is 10.6 Å². The molecule has 1 aromatic rings. The number of carbonyl (C=O) groups excluding carboxylic acids is 1. The summed E-state index contributed by atoms with van der Waals surface area (Å²) in [7, 11) is 0. The van der Waals surface area contributed by atoms with E-state index in [0.717, 1.165) is 22.1 Å². The molecule has 1 unspecified atom stereocenters. The Kier molecular flexibility index (Phi) is 5.65. The zero-order valence-corrected chi connectivity index (χ0v) is 12.1. The van der Waals surface area contributed by atoms with E-state index in [1.54, 1.807) is 0 Å².